The highest BCUT2D eigenvalue weighted by atomic mass is 16.3. The third-order valence-corrected chi connectivity index (χ3v) is 7.71. The molecule has 140 valence electrons. The van der Waals surface area contributed by atoms with Gasteiger partial charge in [0.05, 0.1) is 5.60 Å². The van der Waals surface area contributed by atoms with Crippen molar-refractivity contribution in [3.05, 3.63) is 35.5 Å². The van der Waals surface area contributed by atoms with Gasteiger partial charge in [-0.2, -0.15) is 0 Å². The van der Waals surface area contributed by atoms with Gasteiger partial charge >= 0.3 is 0 Å². The number of aromatic nitrogens is 1. The maximum atomic E-state index is 11.5. The second kappa shape index (κ2) is 6.38. The molecule has 1 aromatic carbocycles. The Labute approximate surface area is 156 Å². The molecule has 0 amide bonds. The molecule has 3 heterocycles. The predicted octanol–water partition coefficient (Wildman–Crippen LogP) is 4.59. The van der Waals surface area contributed by atoms with E-state index in [-0.39, 0.29) is 0 Å². The van der Waals surface area contributed by atoms with Crippen LogP contribution in [0.25, 0.3) is 10.9 Å². The highest BCUT2D eigenvalue weighted by molar-refractivity contribution is 5.84. The predicted molar refractivity (Wildman–Crippen MR) is 106 cm³/mol. The number of fused-ring (bicyclic) bond motifs is 2. The van der Waals surface area contributed by atoms with E-state index in [1.165, 1.54) is 61.5 Å². The quantitative estimate of drug-likeness (QED) is 0.848. The lowest BCUT2D eigenvalue weighted by atomic mass is 9.80. The van der Waals surface area contributed by atoms with E-state index in [9.17, 15) is 5.11 Å². The van der Waals surface area contributed by atoms with Crippen molar-refractivity contribution < 1.29 is 5.11 Å². The van der Waals surface area contributed by atoms with Gasteiger partial charge in [-0.1, -0.05) is 25.8 Å². The second-order valence-electron chi connectivity index (χ2n) is 9.26. The average molecular weight is 353 g/mol. The minimum absolute atomic E-state index is 0.578. The molecule has 3 fully saturated rings. The number of aromatic amines is 1. The minimum Gasteiger partial charge on any atom is -0.385 e. The molecule has 0 spiro atoms. The molecular weight excluding hydrogens is 320 g/mol. The van der Waals surface area contributed by atoms with Crippen LogP contribution in [0, 0.1) is 11.8 Å². The summed E-state index contributed by atoms with van der Waals surface area (Å²) in [5, 5.41) is 12.8. The molecule has 26 heavy (non-hydrogen) atoms. The number of H-pyrrole nitrogens is 1. The van der Waals surface area contributed by atoms with Crippen LogP contribution in [-0.2, 0) is 12.0 Å². The van der Waals surface area contributed by atoms with Crippen molar-refractivity contribution in [2.45, 2.75) is 69.9 Å². The zero-order valence-electron chi connectivity index (χ0n) is 16.0. The van der Waals surface area contributed by atoms with Gasteiger partial charge in [-0.05, 0) is 80.2 Å². The number of rotatable bonds is 3. The molecule has 2 aromatic rings. The molecular formula is C23H32N2O. The summed E-state index contributed by atoms with van der Waals surface area (Å²) in [6.45, 7) is 4.68. The normalized spacial score (nSPS) is 35.2. The first-order valence-electron chi connectivity index (χ1n) is 10.7. The molecule has 2 saturated heterocycles. The highest BCUT2D eigenvalue weighted by Crippen LogP contribution is 2.41. The Hall–Kier alpha value is -1.32. The Morgan fingerprint density at radius 3 is 2.96 bits per heavy atom. The summed E-state index contributed by atoms with van der Waals surface area (Å²) in [5.41, 5.74) is 3.16. The molecule has 2 aliphatic heterocycles. The largest absolute Gasteiger partial charge is 0.385 e. The van der Waals surface area contributed by atoms with Crippen molar-refractivity contribution in [2.24, 2.45) is 11.8 Å². The van der Waals surface area contributed by atoms with Gasteiger partial charge in [0.15, 0.2) is 0 Å². The van der Waals surface area contributed by atoms with E-state index in [1.807, 2.05) is 0 Å². The molecule has 4 atom stereocenters. The number of hydrogen-bond acceptors (Lipinski definition) is 2. The van der Waals surface area contributed by atoms with Crippen LogP contribution in [0.4, 0.5) is 0 Å². The monoisotopic (exact) mass is 352 g/mol. The van der Waals surface area contributed by atoms with Crippen LogP contribution in [0.5, 0.6) is 0 Å². The molecule has 2 N–H and O–H groups in total. The minimum atomic E-state index is -0.644. The summed E-state index contributed by atoms with van der Waals surface area (Å²) in [4.78, 5) is 6.05. The molecule has 5 rings (SSSR count). The second-order valence-corrected chi connectivity index (χ2v) is 9.26. The maximum Gasteiger partial charge on any atom is 0.0923 e. The van der Waals surface area contributed by atoms with Gasteiger partial charge in [0.1, 0.15) is 0 Å². The van der Waals surface area contributed by atoms with E-state index in [1.54, 1.807) is 0 Å². The molecule has 0 radical (unpaired) electrons. The van der Waals surface area contributed by atoms with Crippen LogP contribution < -0.4 is 0 Å². The zero-order valence-corrected chi connectivity index (χ0v) is 16.0. The van der Waals surface area contributed by atoms with Crippen LogP contribution >= 0.6 is 0 Å². The van der Waals surface area contributed by atoms with E-state index < -0.39 is 5.60 Å². The van der Waals surface area contributed by atoms with Crippen molar-refractivity contribution in [3.8, 4) is 0 Å². The summed E-state index contributed by atoms with van der Waals surface area (Å²) in [6.07, 6.45) is 11.8. The topological polar surface area (TPSA) is 39.3 Å². The lowest BCUT2D eigenvalue weighted by Gasteiger charge is -2.41. The summed E-state index contributed by atoms with van der Waals surface area (Å²) >= 11 is 0. The van der Waals surface area contributed by atoms with Crippen LogP contribution in [0.2, 0.25) is 0 Å². The van der Waals surface area contributed by atoms with E-state index in [4.69, 9.17) is 0 Å². The number of hydrogen-bond donors (Lipinski definition) is 2. The van der Waals surface area contributed by atoms with Crippen molar-refractivity contribution >= 4 is 10.9 Å². The Morgan fingerprint density at radius 2 is 2.12 bits per heavy atom. The molecule has 3 aliphatic rings. The molecule has 3 nitrogen and oxygen atoms in total. The van der Waals surface area contributed by atoms with Crippen LogP contribution in [0.1, 0.15) is 63.0 Å². The Morgan fingerprint density at radius 1 is 1.19 bits per heavy atom. The first kappa shape index (κ1) is 16.8. The summed E-state index contributed by atoms with van der Waals surface area (Å²) < 4.78 is 0. The summed E-state index contributed by atoms with van der Waals surface area (Å²) in [5.74, 6) is 1.67. The van der Waals surface area contributed by atoms with Gasteiger partial charge in [0, 0.05) is 29.7 Å². The number of benzene rings is 1. The third-order valence-electron chi connectivity index (χ3n) is 7.71. The fraction of sp³-hybridized carbons (Fsp3) is 0.652. The first-order valence-corrected chi connectivity index (χ1v) is 10.7. The Kier molecular flexibility index (Phi) is 4.13. The lowest BCUT2D eigenvalue weighted by molar-refractivity contribution is -0.0408. The molecule has 1 aliphatic carbocycles. The van der Waals surface area contributed by atoms with Gasteiger partial charge < -0.3 is 15.0 Å². The van der Waals surface area contributed by atoms with E-state index >= 15 is 0 Å². The number of aliphatic hydroxyl groups is 1. The van der Waals surface area contributed by atoms with Gasteiger partial charge in [0.2, 0.25) is 0 Å². The van der Waals surface area contributed by atoms with Crippen molar-refractivity contribution in [1.82, 2.24) is 9.88 Å². The molecule has 4 unspecified atom stereocenters. The maximum absolute atomic E-state index is 11.5. The zero-order chi connectivity index (χ0) is 17.7. The van der Waals surface area contributed by atoms with Crippen molar-refractivity contribution in [2.75, 3.05) is 13.1 Å². The molecule has 3 heteroatoms. The number of nitrogens with one attached hydrogen (secondary N) is 1. The van der Waals surface area contributed by atoms with E-state index in [0.717, 1.165) is 36.8 Å². The molecule has 1 saturated carbocycles. The van der Waals surface area contributed by atoms with Gasteiger partial charge in [-0.3, -0.25) is 0 Å². The Bertz CT molecular complexity index is 797. The van der Waals surface area contributed by atoms with Gasteiger partial charge in [0.25, 0.3) is 0 Å². The van der Waals surface area contributed by atoms with Crippen molar-refractivity contribution in [3.63, 3.8) is 0 Å². The summed E-state index contributed by atoms with van der Waals surface area (Å²) in [7, 11) is 0. The van der Waals surface area contributed by atoms with Crippen LogP contribution in [0.3, 0.4) is 0 Å². The van der Waals surface area contributed by atoms with Gasteiger partial charge in [-0.15, -0.1) is 0 Å². The SMILES string of the molecule is CC1CCCC1Cc1c[nH]c2ccc(C3(O)CCN4CCCC4C3)cc12. The van der Waals surface area contributed by atoms with E-state index in [2.05, 4.69) is 41.2 Å². The van der Waals surface area contributed by atoms with E-state index in [0.29, 0.717) is 6.04 Å². The smallest absolute Gasteiger partial charge is 0.0923 e. The lowest BCUT2D eigenvalue weighted by Crippen LogP contribution is -2.45. The molecule has 1 aromatic heterocycles. The van der Waals surface area contributed by atoms with Gasteiger partial charge in [-0.25, -0.2) is 0 Å². The first-order chi connectivity index (χ1) is 12.6. The fourth-order valence-electron chi connectivity index (χ4n) is 5.95. The highest BCUT2D eigenvalue weighted by Gasteiger charge is 2.41. The molecule has 0 bridgehead atoms. The third kappa shape index (κ3) is 2.80. The number of nitrogens with zero attached hydrogens (tertiary/aromatic N) is 1. The standard InChI is InChI=1S/C23H32N2O/c1-16-4-2-5-17(16)12-18-15-24-22-8-7-19(13-21(18)22)23(26)9-11-25-10-3-6-20(25)14-23/h7-8,13,15-17,20,24,26H,2-6,9-12,14H2,1H3. The van der Waals surface area contributed by atoms with Crippen LogP contribution in [-0.4, -0.2) is 34.1 Å². The number of piperidine rings is 1. The summed E-state index contributed by atoms with van der Waals surface area (Å²) in [6, 6.07) is 7.22. The fourth-order valence-corrected chi connectivity index (χ4v) is 5.95. The van der Waals surface area contributed by atoms with Crippen LogP contribution in [0.15, 0.2) is 24.4 Å². The Balaban J connectivity index is 1.44. The average Bonchev–Trinajstić information content (AvgIpc) is 3.36. The van der Waals surface area contributed by atoms with Crippen molar-refractivity contribution in [1.29, 1.82) is 0 Å².